The van der Waals surface area contributed by atoms with Gasteiger partial charge in [-0.1, -0.05) is 35.9 Å². The van der Waals surface area contributed by atoms with Crippen molar-refractivity contribution in [3.8, 4) is 0 Å². The van der Waals surface area contributed by atoms with Crippen molar-refractivity contribution < 1.29 is 9.50 Å². The zero-order valence-electron chi connectivity index (χ0n) is 9.61. The van der Waals surface area contributed by atoms with Gasteiger partial charge < -0.3 is 10.4 Å². The predicted molar refractivity (Wildman–Crippen MR) is 71.3 cm³/mol. The van der Waals surface area contributed by atoms with E-state index in [0.29, 0.717) is 10.6 Å². The van der Waals surface area contributed by atoms with Gasteiger partial charge in [-0.15, -0.1) is 0 Å². The largest absolute Gasteiger partial charge is 0.394 e. The highest BCUT2D eigenvalue weighted by atomic mass is 35.5. The van der Waals surface area contributed by atoms with Crippen molar-refractivity contribution >= 4 is 17.3 Å². The second kappa shape index (κ2) is 5.85. The van der Waals surface area contributed by atoms with Gasteiger partial charge >= 0.3 is 0 Å². The molecular weight excluding hydrogens is 253 g/mol. The van der Waals surface area contributed by atoms with E-state index in [0.717, 1.165) is 5.69 Å². The summed E-state index contributed by atoms with van der Waals surface area (Å²) in [5.74, 6) is -0.342. The smallest absolute Gasteiger partial charge is 0.128 e. The van der Waals surface area contributed by atoms with Gasteiger partial charge in [0.2, 0.25) is 0 Å². The monoisotopic (exact) mass is 265 g/mol. The molecule has 0 aliphatic carbocycles. The minimum Gasteiger partial charge on any atom is -0.394 e. The maximum Gasteiger partial charge on any atom is 0.128 e. The summed E-state index contributed by atoms with van der Waals surface area (Å²) >= 11 is 5.87. The molecule has 2 N–H and O–H groups in total. The zero-order valence-corrected chi connectivity index (χ0v) is 10.4. The number of aliphatic hydroxyl groups is 1. The van der Waals surface area contributed by atoms with Crippen LogP contribution in [0.15, 0.2) is 48.5 Å². The van der Waals surface area contributed by atoms with E-state index in [1.807, 2.05) is 6.07 Å². The van der Waals surface area contributed by atoms with Crippen LogP contribution in [0.1, 0.15) is 11.6 Å². The lowest BCUT2D eigenvalue weighted by atomic mass is 10.1. The van der Waals surface area contributed by atoms with Crippen molar-refractivity contribution in [2.45, 2.75) is 6.04 Å². The molecule has 0 aliphatic rings. The summed E-state index contributed by atoms with van der Waals surface area (Å²) < 4.78 is 13.6. The molecule has 2 aromatic carbocycles. The molecule has 0 amide bonds. The molecule has 0 spiro atoms. The third-order valence-electron chi connectivity index (χ3n) is 2.63. The van der Waals surface area contributed by atoms with Crippen LogP contribution in [-0.4, -0.2) is 11.7 Å². The lowest BCUT2D eigenvalue weighted by Crippen LogP contribution is -2.16. The Balaban J connectivity index is 2.23. The number of anilines is 1. The van der Waals surface area contributed by atoms with E-state index in [9.17, 15) is 9.50 Å². The van der Waals surface area contributed by atoms with Gasteiger partial charge in [-0.05, 0) is 24.3 Å². The first-order valence-corrected chi connectivity index (χ1v) is 5.96. The fraction of sp³-hybridized carbons (Fsp3) is 0.143. The second-order valence-electron chi connectivity index (χ2n) is 3.91. The molecule has 2 aromatic rings. The van der Waals surface area contributed by atoms with Gasteiger partial charge in [0.25, 0.3) is 0 Å². The van der Waals surface area contributed by atoms with E-state index in [1.54, 1.807) is 36.4 Å². The highest BCUT2D eigenvalue weighted by Gasteiger charge is 2.14. The Bertz CT molecular complexity index is 533. The minimum absolute atomic E-state index is 0.201. The average molecular weight is 266 g/mol. The van der Waals surface area contributed by atoms with Gasteiger partial charge in [0.1, 0.15) is 5.82 Å². The Morgan fingerprint density at radius 2 is 1.94 bits per heavy atom. The van der Waals surface area contributed by atoms with Crippen molar-refractivity contribution in [2.75, 3.05) is 11.9 Å². The highest BCUT2D eigenvalue weighted by Crippen LogP contribution is 2.23. The number of nitrogens with one attached hydrogen (secondary N) is 1. The molecule has 0 saturated carbocycles. The number of rotatable bonds is 4. The van der Waals surface area contributed by atoms with Crippen LogP contribution in [0.2, 0.25) is 5.02 Å². The maximum atomic E-state index is 13.6. The molecule has 0 fully saturated rings. The Labute approximate surface area is 110 Å². The fourth-order valence-corrected chi connectivity index (χ4v) is 1.95. The van der Waals surface area contributed by atoms with E-state index in [4.69, 9.17) is 11.6 Å². The van der Waals surface area contributed by atoms with Crippen molar-refractivity contribution in [2.24, 2.45) is 0 Å². The van der Waals surface area contributed by atoms with Crippen molar-refractivity contribution in [1.29, 1.82) is 0 Å². The van der Waals surface area contributed by atoms with Gasteiger partial charge in [0.05, 0.1) is 12.6 Å². The minimum atomic E-state index is -0.496. The summed E-state index contributed by atoms with van der Waals surface area (Å²) in [6.45, 7) is -0.201. The molecular formula is C14H13ClFNO. The molecule has 94 valence electrons. The third-order valence-corrected chi connectivity index (χ3v) is 2.86. The lowest BCUT2D eigenvalue weighted by Gasteiger charge is -2.18. The van der Waals surface area contributed by atoms with Crippen molar-refractivity contribution in [1.82, 2.24) is 0 Å². The number of benzene rings is 2. The molecule has 1 atom stereocenters. The number of hydrogen-bond acceptors (Lipinski definition) is 2. The van der Waals surface area contributed by atoms with Crippen molar-refractivity contribution in [3.05, 3.63) is 64.9 Å². The van der Waals surface area contributed by atoms with E-state index in [-0.39, 0.29) is 12.4 Å². The summed E-state index contributed by atoms with van der Waals surface area (Å²) in [4.78, 5) is 0. The Hall–Kier alpha value is -1.58. The molecule has 0 heterocycles. The van der Waals surface area contributed by atoms with Crippen LogP contribution in [0, 0.1) is 5.82 Å². The molecule has 0 radical (unpaired) electrons. The van der Waals surface area contributed by atoms with Crippen LogP contribution < -0.4 is 5.32 Å². The molecule has 1 unspecified atom stereocenters. The fourth-order valence-electron chi connectivity index (χ4n) is 1.76. The van der Waals surface area contributed by atoms with Gasteiger partial charge in [-0.25, -0.2) is 4.39 Å². The molecule has 0 aliphatic heterocycles. The Kier molecular flexibility index (Phi) is 4.18. The molecule has 2 rings (SSSR count). The maximum absolute atomic E-state index is 13.6. The van der Waals surface area contributed by atoms with Crippen LogP contribution in [0.4, 0.5) is 10.1 Å². The van der Waals surface area contributed by atoms with Gasteiger partial charge in [0, 0.05) is 16.3 Å². The predicted octanol–water partition coefficient (Wildman–Crippen LogP) is 3.62. The van der Waals surface area contributed by atoms with E-state index in [2.05, 4.69) is 5.32 Å². The Morgan fingerprint density at radius 3 is 2.61 bits per heavy atom. The third kappa shape index (κ3) is 3.00. The molecule has 18 heavy (non-hydrogen) atoms. The molecule has 0 bridgehead atoms. The van der Waals surface area contributed by atoms with Gasteiger partial charge in [0.15, 0.2) is 0 Å². The molecule has 4 heteroatoms. The topological polar surface area (TPSA) is 32.3 Å². The lowest BCUT2D eigenvalue weighted by molar-refractivity contribution is 0.274. The van der Waals surface area contributed by atoms with Crippen LogP contribution in [0.25, 0.3) is 0 Å². The first-order valence-electron chi connectivity index (χ1n) is 5.58. The van der Waals surface area contributed by atoms with E-state index < -0.39 is 6.04 Å². The van der Waals surface area contributed by atoms with Crippen LogP contribution in [-0.2, 0) is 0 Å². The quantitative estimate of drug-likeness (QED) is 0.885. The number of aliphatic hydroxyl groups excluding tert-OH is 1. The van der Waals surface area contributed by atoms with Crippen molar-refractivity contribution in [3.63, 3.8) is 0 Å². The van der Waals surface area contributed by atoms with E-state index >= 15 is 0 Å². The first kappa shape index (κ1) is 12.9. The summed E-state index contributed by atoms with van der Waals surface area (Å²) in [5, 5.41) is 13.0. The molecule has 2 nitrogen and oxygen atoms in total. The number of halogens is 2. The zero-order chi connectivity index (χ0) is 13.0. The van der Waals surface area contributed by atoms with Gasteiger partial charge in [-0.2, -0.15) is 0 Å². The second-order valence-corrected chi connectivity index (χ2v) is 4.35. The average Bonchev–Trinajstić information content (AvgIpc) is 2.37. The molecule has 0 saturated heterocycles. The van der Waals surface area contributed by atoms with Gasteiger partial charge in [-0.3, -0.25) is 0 Å². The summed E-state index contributed by atoms with van der Waals surface area (Å²) in [7, 11) is 0. The summed E-state index contributed by atoms with van der Waals surface area (Å²) in [5.41, 5.74) is 1.17. The standard InChI is InChI=1S/C14H13ClFNO/c15-10-4-3-5-11(8-10)17-14(9-18)12-6-1-2-7-13(12)16/h1-8,14,17-18H,9H2. The van der Waals surface area contributed by atoms with E-state index in [1.165, 1.54) is 6.07 Å². The summed E-state index contributed by atoms with van der Waals surface area (Å²) in [6.07, 6.45) is 0. The SMILES string of the molecule is OCC(Nc1cccc(Cl)c1)c1ccccc1F. The highest BCUT2D eigenvalue weighted by molar-refractivity contribution is 6.30. The first-order chi connectivity index (χ1) is 8.70. The number of hydrogen-bond donors (Lipinski definition) is 2. The van der Waals surface area contributed by atoms with Crippen LogP contribution >= 0.6 is 11.6 Å². The normalized spacial score (nSPS) is 12.2. The Morgan fingerprint density at radius 1 is 1.17 bits per heavy atom. The summed E-state index contributed by atoms with van der Waals surface area (Å²) in [6, 6.07) is 13.0. The van der Waals surface area contributed by atoms with Crippen LogP contribution in [0.3, 0.4) is 0 Å². The molecule has 0 aromatic heterocycles. The van der Waals surface area contributed by atoms with Crippen LogP contribution in [0.5, 0.6) is 0 Å².